The molecule has 0 saturated heterocycles. The zero-order chi connectivity index (χ0) is 18.1. The van der Waals surface area contributed by atoms with Crippen LogP contribution < -0.4 is 4.74 Å². The maximum Gasteiger partial charge on any atom is 0.192 e. The first-order chi connectivity index (χ1) is 10.3. The summed E-state index contributed by atoms with van der Waals surface area (Å²) in [6.45, 7) is 21.2. The summed E-state index contributed by atoms with van der Waals surface area (Å²) < 4.78 is 12.2. The minimum Gasteiger partial charge on any atom is -0.491 e. The van der Waals surface area contributed by atoms with Gasteiger partial charge in [0.1, 0.15) is 12.4 Å². The molecule has 0 aromatic heterocycles. The Morgan fingerprint density at radius 3 is 2.04 bits per heavy atom. The standard InChI is InChI=1S/C19H34O2SSi/c1-14-12-17(22)15(18(2,3)4)13-16(14)20-10-11-21-23(8,9)19(5,6)7/h12-13,22H,10-11H2,1-9H3. The Bertz CT molecular complexity index is 540. The molecule has 1 rings (SSSR count). The van der Waals surface area contributed by atoms with Crippen LogP contribution >= 0.6 is 12.6 Å². The van der Waals surface area contributed by atoms with Crippen molar-refractivity contribution in [3.8, 4) is 5.75 Å². The second kappa shape index (κ2) is 7.20. The molecule has 0 unspecified atom stereocenters. The molecule has 0 amide bonds. The maximum atomic E-state index is 6.18. The molecule has 132 valence electrons. The van der Waals surface area contributed by atoms with E-state index in [0.29, 0.717) is 13.2 Å². The lowest BCUT2D eigenvalue weighted by Crippen LogP contribution is -2.41. The van der Waals surface area contributed by atoms with Gasteiger partial charge in [0.2, 0.25) is 0 Å². The fourth-order valence-electron chi connectivity index (χ4n) is 2.09. The molecular weight excluding hydrogens is 320 g/mol. The molecule has 0 fully saturated rings. The molecule has 0 radical (unpaired) electrons. The van der Waals surface area contributed by atoms with Crippen LogP contribution in [0.1, 0.15) is 52.7 Å². The van der Waals surface area contributed by atoms with Crippen LogP contribution in [0.15, 0.2) is 17.0 Å². The lowest BCUT2D eigenvalue weighted by molar-refractivity contribution is 0.202. The quantitative estimate of drug-likeness (QED) is 0.398. The summed E-state index contributed by atoms with van der Waals surface area (Å²) in [6, 6.07) is 4.22. The number of hydrogen-bond donors (Lipinski definition) is 1. The third kappa shape index (κ3) is 5.54. The van der Waals surface area contributed by atoms with Gasteiger partial charge in [-0.2, -0.15) is 0 Å². The van der Waals surface area contributed by atoms with Crippen LogP contribution in [0.3, 0.4) is 0 Å². The van der Waals surface area contributed by atoms with Crippen LogP contribution in [-0.4, -0.2) is 21.5 Å². The number of aryl methyl sites for hydroxylation is 1. The molecule has 1 aromatic carbocycles. The molecule has 0 heterocycles. The summed E-state index contributed by atoms with van der Waals surface area (Å²) in [4.78, 5) is 1.03. The van der Waals surface area contributed by atoms with E-state index in [0.717, 1.165) is 16.2 Å². The molecule has 23 heavy (non-hydrogen) atoms. The average Bonchev–Trinajstić information content (AvgIpc) is 2.33. The normalized spacial score (nSPS) is 13.3. The zero-order valence-electron chi connectivity index (χ0n) is 16.3. The first-order valence-corrected chi connectivity index (χ1v) is 11.7. The summed E-state index contributed by atoms with van der Waals surface area (Å²) in [7, 11) is -1.70. The van der Waals surface area contributed by atoms with Gasteiger partial charge in [0.05, 0.1) is 6.61 Å². The Morgan fingerprint density at radius 2 is 1.57 bits per heavy atom. The highest BCUT2D eigenvalue weighted by Gasteiger charge is 2.36. The molecule has 1 aromatic rings. The number of thiol groups is 1. The fourth-order valence-corrected chi connectivity index (χ4v) is 3.71. The van der Waals surface area contributed by atoms with Gasteiger partial charge < -0.3 is 9.16 Å². The molecule has 4 heteroatoms. The number of rotatable bonds is 5. The van der Waals surface area contributed by atoms with Crippen LogP contribution in [0.2, 0.25) is 18.1 Å². The van der Waals surface area contributed by atoms with Crippen LogP contribution in [-0.2, 0) is 9.84 Å². The first-order valence-electron chi connectivity index (χ1n) is 8.36. The van der Waals surface area contributed by atoms with E-state index in [1.54, 1.807) is 0 Å². The van der Waals surface area contributed by atoms with E-state index in [1.165, 1.54) is 5.56 Å². The number of ether oxygens (including phenoxy) is 1. The third-order valence-electron chi connectivity index (χ3n) is 4.71. The van der Waals surface area contributed by atoms with Gasteiger partial charge in [-0.25, -0.2) is 0 Å². The van der Waals surface area contributed by atoms with Crippen molar-refractivity contribution in [2.75, 3.05) is 13.2 Å². The Hall–Kier alpha value is -0.453. The van der Waals surface area contributed by atoms with E-state index in [-0.39, 0.29) is 10.5 Å². The molecule has 0 spiro atoms. The second-order valence-electron chi connectivity index (χ2n) is 8.84. The van der Waals surface area contributed by atoms with Gasteiger partial charge >= 0.3 is 0 Å². The summed E-state index contributed by atoms with van der Waals surface area (Å²) in [6.07, 6.45) is 0. The maximum absolute atomic E-state index is 6.18. The molecule has 0 bridgehead atoms. The van der Waals surface area contributed by atoms with Gasteiger partial charge in [-0.15, -0.1) is 12.6 Å². The highest BCUT2D eigenvalue weighted by Crippen LogP contribution is 2.37. The fraction of sp³-hybridized carbons (Fsp3) is 0.684. The predicted molar refractivity (Wildman–Crippen MR) is 106 cm³/mol. The Labute approximate surface area is 149 Å². The summed E-state index contributed by atoms with van der Waals surface area (Å²) in [5.41, 5.74) is 2.39. The van der Waals surface area contributed by atoms with Crippen LogP contribution in [0, 0.1) is 6.92 Å². The predicted octanol–water partition coefficient (Wildman–Crippen LogP) is 5.98. The number of hydrogen-bond acceptors (Lipinski definition) is 3. The van der Waals surface area contributed by atoms with Gasteiger partial charge in [-0.1, -0.05) is 41.5 Å². The minimum atomic E-state index is -1.70. The lowest BCUT2D eigenvalue weighted by atomic mass is 9.86. The Morgan fingerprint density at radius 1 is 1.00 bits per heavy atom. The van der Waals surface area contributed by atoms with E-state index in [4.69, 9.17) is 9.16 Å². The van der Waals surface area contributed by atoms with Crippen molar-refractivity contribution < 1.29 is 9.16 Å². The topological polar surface area (TPSA) is 18.5 Å². The Balaban J connectivity index is 2.73. The van der Waals surface area contributed by atoms with E-state index >= 15 is 0 Å². The van der Waals surface area contributed by atoms with E-state index in [9.17, 15) is 0 Å². The van der Waals surface area contributed by atoms with Crippen molar-refractivity contribution in [3.05, 3.63) is 23.3 Å². The van der Waals surface area contributed by atoms with Gasteiger partial charge in [0.25, 0.3) is 0 Å². The third-order valence-corrected chi connectivity index (χ3v) is 9.62. The smallest absolute Gasteiger partial charge is 0.192 e. The lowest BCUT2D eigenvalue weighted by Gasteiger charge is -2.36. The molecule has 0 saturated carbocycles. The monoisotopic (exact) mass is 354 g/mol. The van der Waals surface area contributed by atoms with Crippen LogP contribution in [0.25, 0.3) is 0 Å². The summed E-state index contributed by atoms with van der Waals surface area (Å²) in [5.74, 6) is 0.937. The van der Waals surface area contributed by atoms with Crippen LogP contribution in [0.4, 0.5) is 0 Å². The van der Waals surface area contributed by atoms with Crippen molar-refractivity contribution in [2.24, 2.45) is 0 Å². The first kappa shape index (κ1) is 20.6. The number of benzene rings is 1. The highest BCUT2D eigenvalue weighted by atomic mass is 32.1. The van der Waals surface area contributed by atoms with Gasteiger partial charge in [-0.3, -0.25) is 0 Å². The zero-order valence-corrected chi connectivity index (χ0v) is 18.2. The van der Waals surface area contributed by atoms with Gasteiger partial charge in [0.15, 0.2) is 8.32 Å². The molecular formula is C19H34O2SSi. The van der Waals surface area contributed by atoms with E-state index in [1.807, 2.05) is 0 Å². The van der Waals surface area contributed by atoms with Crippen molar-refractivity contribution >= 4 is 20.9 Å². The van der Waals surface area contributed by atoms with Crippen molar-refractivity contribution in [1.82, 2.24) is 0 Å². The van der Waals surface area contributed by atoms with E-state index < -0.39 is 8.32 Å². The minimum absolute atomic E-state index is 0.0561. The van der Waals surface area contributed by atoms with Crippen molar-refractivity contribution in [1.29, 1.82) is 0 Å². The molecule has 0 aliphatic rings. The molecule has 0 atom stereocenters. The van der Waals surface area contributed by atoms with E-state index in [2.05, 4.69) is 86.3 Å². The second-order valence-corrected chi connectivity index (χ2v) is 14.1. The molecule has 2 nitrogen and oxygen atoms in total. The summed E-state index contributed by atoms with van der Waals surface area (Å²) in [5, 5.41) is 0.232. The van der Waals surface area contributed by atoms with Gasteiger partial charge in [0, 0.05) is 4.90 Å². The average molecular weight is 355 g/mol. The summed E-state index contributed by atoms with van der Waals surface area (Å²) >= 11 is 4.61. The SMILES string of the molecule is Cc1cc(S)c(C(C)(C)C)cc1OCCO[Si](C)(C)C(C)(C)C. The molecule has 0 aliphatic carbocycles. The van der Waals surface area contributed by atoms with Crippen LogP contribution in [0.5, 0.6) is 5.75 Å². The largest absolute Gasteiger partial charge is 0.491 e. The van der Waals surface area contributed by atoms with Gasteiger partial charge in [-0.05, 0) is 53.7 Å². The van der Waals surface area contributed by atoms with Crippen molar-refractivity contribution in [2.45, 2.75) is 76.9 Å². The highest BCUT2D eigenvalue weighted by molar-refractivity contribution is 7.80. The van der Waals surface area contributed by atoms with Crippen molar-refractivity contribution in [3.63, 3.8) is 0 Å². The molecule has 0 N–H and O–H groups in total. The molecule has 0 aliphatic heterocycles. The Kier molecular flexibility index (Phi) is 6.45.